The Morgan fingerprint density at radius 1 is 1.18 bits per heavy atom. The SMILES string of the molecule is CN=C(NCCS(=O)(=O)N1CCSCC1)NC(C)c1ccc2ccccc2c1. The number of hydrogen-bond donors (Lipinski definition) is 2. The molecule has 2 aromatic carbocycles. The van der Waals surface area contributed by atoms with Gasteiger partial charge in [-0.25, -0.2) is 12.7 Å². The van der Waals surface area contributed by atoms with Gasteiger partial charge in [-0.1, -0.05) is 36.4 Å². The Hall–Kier alpha value is -1.77. The van der Waals surface area contributed by atoms with Crippen LogP contribution in [0.4, 0.5) is 0 Å². The first-order valence-corrected chi connectivity index (χ1v) is 12.3. The molecule has 1 fully saturated rings. The van der Waals surface area contributed by atoms with Crippen molar-refractivity contribution in [3.8, 4) is 0 Å². The van der Waals surface area contributed by atoms with E-state index in [4.69, 9.17) is 0 Å². The van der Waals surface area contributed by atoms with Crippen molar-refractivity contribution in [1.82, 2.24) is 14.9 Å². The van der Waals surface area contributed by atoms with Crippen LogP contribution in [0.2, 0.25) is 0 Å². The van der Waals surface area contributed by atoms with E-state index < -0.39 is 10.0 Å². The van der Waals surface area contributed by atoms with E-state index >= 15 is 0 Å². The zero-order valence-electron chi connectivity index (χ0n) is 16.4. The van der Waals surface area contributed by atoms with E-state index in [2.05, 4.69) is 52.9 Å². The summed E-state index contributed by atoms with van der Waals surface area (Å²) in [5, 5.41) is 8.88. The predicted octanol–water partition coefficient (Wildman–Crippen LogP) is 2.44. The maximum Gasteiger partial charge on any atom is 0.215 e. The molecule has 8 heteroatoms. The largest absolute Gasteiger partial charge is 0.355 e. The molecule has 6 nitrogen and oxygen atoms in total. The number of fused-ring (bicyclic) bond motifs is 1. The molecule has 1 saturated heterocycles. The number of hydrogen-bond acceptors (Lipinski definition) is 4. The maximum atomic E-state index is 12.4. The second-order valence-corrected chi connectivity index (χ2v) is 10.1. The molecule has 1 unspecified atom stereocenters. The van der Waals surface area contributed by atoms with E-state index in [-0.39, 0.29) is 11.8 Å². The predicted molar refractivity (Wildman–Crippen MR) is 120 cm³/mol. The van der Waals surface area contributed by atoms with Gasteiger partial charge in [-0.3, -0.25) is 4.99 Å². The molecule has 1 heterocycles. The summed E-state index contributed by atoms with van der Waals surface area (Å²) in [6, 6.07) is 14.7. The minimum atomic E-state index is -3.22. The second-order valence-electron chi connectivity index (χ2n) is 6.80. The van der Waals surface area contributed by atoms with E-state index in [1.165, 1.54) is 10.8 Å². The molecule has 0 aliphatic carbocycles. The number of nitrogens with zero attached hydrogens (tertiary/aromatic N) is 2. The number of aliphatic imine (C=N–C) groups is 1. The summed E-state index contributed by atoms with van der Waals surface area (Å²) >= 11 is 1.80. The first-order valence-electron chi connectivity index (χ1n) is 9.51. The van der Waals surface area contributed by atoms with Gasteiger partial charge in [0.15, 0.2) is 5.96 Å². The Morgan fingerprint density at radius 2 is 1.89 bits per heavy atom. The molecule has 0 saturated carbocycles. The lowest BCUT2D eigenvalue weighted by Gasteiger charge is -2.26. The molecule has 1 aliphatic heterocycles. The van der Waals surface area contributed by atoms with Crippen LogP contribution < -0.4 is 10.6 Å². The summed E-state index contributed by atoms with van der Waals surface area (Å²) in [6.45, 7) is 3.62. The van der Waals surface area contributed by atoms with Gasteiger partial charge < -0.3 is 10.6 Å². The van der Waals surface area contributed by atoms with Crippen LogP contribution in [0.5, 0.6) is 0 Å². The third-order valence-corrected chi connectivity index (χ3v) is 7.68. The molecule has 3 rings (SSSR count). The highest BCUT2D eigenvalue weighted by atomic mass is 32.2. The van der Waals surface area contributed by atoms with Gasteiger partial charge in [0.2, 0.25) is 10.0 Å². The summed E-state index contributed by atoms with van der Waals surface area (Å²) in [6.07, 6.45) is 0. The first-order chi connectivity index (χ1) is 13.5. The van der Waals surface area contributed by atoms with Crippen LogP contribution in [-0.2, 0) is 10.0 Å². The number of thioether (sulfide) groups is 1. The second kappa shape index (κ2) is 9.62. The van der Waals surface area contributed by atoms with Gasteiger partial charge in [0, 0.05) is 38.2 Å². The molecule has 2 aromatic rings. The van der Waals surface area contributed by atoms with Crippen molar-refractivity contribution in [2.24, 2.45) is 4.99 Å². The van der Waals surface area contributed by atoms with Gasteiger partial charge in [0.25, 0.3) is 0 Å². The lowest BCUT2D eigenvalue weighted by Crippen LogP contribution is -2.44. The van der Waals surface area contributed by atoms with Crippen LogP contribution in [0, 0.1) is 0 Å². The summed E-state index contributed by atoms with van der Waals surface area (Å²) in [5.74, 6) is 2.42. The van der Waals surface area contributed by atoms with Gasteiger partial charge in [0.1, 0.15) is 0 Å². The monoisotopic (exact) mass is 420 g/mol. The highest BCUT2D eigenvalue weighted by molar-refractivity contribution is 7.99. The number of sulfonamides is 1. The molecule has 1 atom stereocenters. The van der Waals surface area contributed by atoms with Crippen molar-refractivity contribution in [2.75, 3.05) is 43.9 Å². The molecule has 0 radical (unpaired) electrons. The highest BCUT2D eigenvalue weighted by Crippen LogP contribution is 2.20. The van der Waals surface area contributed by atoms with Gasteiger partial charge in [0.05, 0.1) is 11.8 Å². The van der Waals surface area contributed by atoms with Crippen LogP contribution in [0.1, 0.15) is 18.5 Å². The van der Waals surface area contributed by atoms with E-state index in [1.54, 1.807) is 23.1 Å². The molecular weight excluding hydrogens is 392 g/mol. The van der Waals surface area contributed by atoms with E-state index in [9.17, 15) is 8.42 Å². The molecule has 0 amide bonds. The van der Waals surface area contributed by atoms with Crippen LogP contribution in [0.15, 0.2) is 47.5 Å². The summed E-state index contributed by atoms with van der Waals surface area (Å²) in [5.41, 5.74) is 1.15. The zero-order valence-corrected chi connectivity index (χ0v) is 18.0. The standard InChI is InChI=1S/C20H28N4O2S2/c1-16(18-8-7-17-5-3-4-6-19(17)15-18)23-20(21-2)22-9-14-28(25,26)24-10-12-27-13-11-24/h3-8,15-16H,9-14H2,1-2H3,(H2,21,22,23). The quantitative estimate of drug-likeness (QED) is 0.555. The number of rotatable bonds is 6. The third kappa shape index (κ3) is 5.40. The van der Waals surface area contributed by atoms with E-state index in [1.807, 2.05) is 12.1 Å². The fourth-order valence-corrected chi connectivity index (χ4v) is 5.70. The van der Waals surface area contributed by atoms with Crippen molar-refractivity contribution in [1.29, 1.82) is 0 Å². The molecule has 2 N–H and O–H groups in total. The smallest absolute Gasteiger partial charge is 0.215 e. The van der Waals surface area contributed by atoms with E-state index in [0.717, 1.165) is 17.1 Å². The van der Waals surface area contributed by atoms with Crippen LogP contribution in [0.25, 0.3) is 10.8 Å². The fourth-order valence-electron chi connectivity index (χ4n) is 3.21. The average Bonchev–Trinajstić information content (AvgIpc) is 2.73. The Bertz CT molecular complexity index is 925. The van der Waals surface area contributed by atoms with Gasteiger partial charge in [-0.15, -0.1) is 0 Å². The van der Waals surface area contributed by atoms with E-state index in [0.29, 0.717) is 25.6 Å². The van der Waals surface area contributed by atoms with Crippen LogP contribution >= 0.6 is 11.8 Å². The Kier molecular flexibility index (Phi) is 7.20. The number of nitrogens with one attached hydrogen (secondary N) is 2. The Morgan fingerprint density at radius 3 is 2.61 bits per heavy atom. The van der Waals surface area contributed by atoms with Crippen LogP contribution in [0.3, 0.4) is 0 Å². The van der Waals surface area contributed by atoms with Crippen molar-refractivity contribution < 1.29 is 8.42 Å². The molecule has 0 bridgehead atoms. The number of guanidine groups is 1. The van der Waals surface area contributed by atoms with Gasteiger partial charge in [-0.05, 0) is 29.3 Å². The van der Waals surface area contributed by atoms with Crippen LogP contribution in [-0.4, -0.2) is 62.6 Å². The molecule has 152 valence electrons. The molecular formula is C20H28N4O2S2. The fraction of sp³-hybridized carbons (Fsp3) is 0.450. The minimum Gasteiger partial charge on any atom is -0.355 e. The molecule has 0 spiro atoms. The average molecular weight is 421 g/mol. The summed E-state index contributed by atoms with van der Waals surface area (Å²) in [7, 11) is -1.52. The van der Waals surface area contributed by atoms with Crippen molar-refractivity contribution >= 4 is 38.5 Å². The molecule has 28 heavy (non-hydrogen) atoms. The normalized spacial score (nSPS) is 17.4. The van der Waals surface area contributed by atoms with Crippen molar-refractivity contribution in [3.63, 3.8) is 0 Å². The maximum absolute atomic E-state index is 12.4. The molecule has 1 aliphatic rings. The third-order valence-electron chi connectivity index (χ3n) is 4.87. The Labute approximate surface area is 171 Å². The first kappa shape index (κ1) is 21.0. The summed E-state index contributed by atoms with van der Waals surface area (Å²) in [4.78, 5) is 4.23. The van der Waals surface area contributed by atoms with Gasteiger partial charge >= 0.3 is 0 Å². The number of benzene rings is 2. The Balaban J connectivity index is 1.54. The highest BCUT2D eigenvalue weighted by Gasteiger charge is 2.23. The topological polar surface area (TPSA) is 73.8 Å². The lowest BCUT2D eigenvalue weighted by molar-refractivity contribution is 0.443. The van der Waals surface area contributed by atoms with Crippen molar-refractivity contribution in [2.45, 2.75) is 13.0 Å². The van der Waals surface area contributed by atoms with Gasteiger partial charge in [-0.2, -0.15) is 11.8 Å². The molecule has 0 aromatic heterocycles. The summed E-state index contributed by atoms with van der Waals surface area (Å²) < 4.78 is 26.5. The lowest BCUT2D eigenvalue weighted by atomic mass is 10.0. The zero-order chi connectivity index (χ0) is 20.0. The minimum absolute atomic E-state index is 0.0477. The van der Waals surface area contributed by atoms with Crippen molar-refractivity contribution in [3.05, 3.63) is 48.0 Å².